The molecule has 0 aliphatic carbocycles. The van der Waals surface area contributed by atoms with Crippen LogP contribution in [0.15, 0.2) is 72.9 Å². The standard InChI is InChI=1S/C29H26F6N2O4/c1-17(2)3-10-25(41-23-7-4-18(5-8-23)27(40)36-12-11-26(38)39)19-6-9-24(37-16-19)20-13-21(28(30,31)32)15-22(14-20)29(33,34)35/h4-9,13-16,25H,1,3,10-12H2,2H3,(H,36,40)(H,38,39). The van der Waals surface area contributed by atoms with Crippen molar-refractivity contribution in [2.75, 3.05) is 6.54 Å². The number of rotatable bonds is 11. The van der Waals surface area contributed by atoms with Gasteiger partial charge in [-0.2, -0.15) is 26.3 Å². The largest absolute Gasteiger partial charge is 0.486 e. The van der Waals surface area contributed by atoms with Gasteiger partial charge in [-0.1, -0.05) is 11.6 Å². The van der Waals surface area contributed by atoms with Gasteiger partial charge >= 0.3 is 18.3 Å². The van der Waals surface area contributed by atoms with Gasteiger partial charge in [0.1, 0.15) is 11.9 Å². The number of carbonyl (C=O) groups excluding carboxylic acids is 1. The number of allylic oxidation sites excluding steroid dienone is 1. The Balaban J connectivity index is 1.84. The third-order valence-corrected chi connectivity index (χ3v) is 5.89. The van der Waals surface area contributed by atoms with Crippen LogP contribution in [0.4, 0.5) is 26.3 Å². The fourth-order valence-corrected chi connectivity index (χ4v) is 3.77. The van der Waals surface area contributed by atoms with E-state index < -0.39 is 41.5 Å². The van der Waals surface area contributed by atoms with Gasteiger partial charge in [-0.15, -0.1) is 6.58 Å². The van der Waals surface area contributed by atoms with Crippen LogP contribution in [0.25, 0.3) is 11.3 Å². The van der Waals surface area contributed by atoms with Crippen molar-refractivity contribution in [2.24, 2.45) is 0 Å². The fraction of sp³-hybridized carbons (Fsp3) is 0.276. The number of halogens is 6. The Labute approximate surface area is 231 Å². The van der Waals surface area contributed by atoms with E-state index in [1.165, 1.54) is 30.5 Å². The molecule has 2 aromatic carbocycles. The van der Waals surface area contributed by atoms with E-state index in [0.717, 1.165) is 5.57 Å². The summed E-state index contributed by atoms with van der Waals surface area (Å²) in [7, 11) is 0. The van der Waals surface area contributed by atoms with E-state index in [0.29, 0.717) is 36.3 Å². The first-order valence-corrected chi connectivity index (χ1v) is 12.3. The number of nitrogens with zero attached hydrogens (tertiary/aromatic N) is 1. The first kappa shape index (κ1) is 31.2. The van der Waals surface area contributed by atoms with E-state index in [9.17, 15) is 35.9 Å². The summed E-state index contributed by atoms with van der Waals surface area (Å²) in [5.74, 6) is -1.12. The highest BCUT2D eigenvalue weighted by Gasteiger charge is 2.37. The molecule has 0 spiro atoms. The number of nitrogens with one attached hydrogen (secondary N) is 1. The highest BCUT2D eigenvalue weighted by Crippen LogP contribution is 2.38. The molecule has 0 radical (unpaired) electrons. The SMILES string of the molecule is C=C(C)CCC(Oc1ccc(C(=O)NCCC(=O)O)cc1)c1ccc(-c2cc(C(F)(F)F)cc(C(F)(F)F)c2)nc1. The maximum absolute atomic E-state index is 13.3. The molecule has 0 aliphatic rings. The summed E-state index contributed by atoms with van der Waals surface area (Å²) in [6.45, 7) is 5.66. The summed E-state index contributed by atoms with van der Waals surface area (Å²) in [6, 6.07) is 10.2. The Hall–Kier alpha value is -4.35. The van der Waals surface area contributed by atoms with Crippen LogP contribution < -0.4 is 10.1 Å². The predicted molar refractivity (Wildman–Crippen MR) is 138 cm³/mol. The molecule has 1 heterocycles. The fourth-order valence-electron chi connectivity index (χ4n) is 3.77. The third-order valence-electron chi connectivity index (χ3n) is 5.89. The zero-order chi connectivity index (χ0) is 30.4. The number of benzene rings is 2. The lowest BCUT2D eigenvalue weighted by atomic mass is 10.00. The maximum atomic E-state index is 13.3. The molecule has 1 aromatic heterocycles. The molecule has 12 heteroatoms. The lowest BCUT2D eigenvalue weighted by molar-refractivity contribution is -0.143. The minimum Gasteiger partial charge on any atom is -0.486 e. The number of aromatic nitrogens is 1. The molecule has 1 amide bonds. The van der Waals surface area contributed by atoms with Crippen molar-refractivity contribution in [2.45, 2.75) is 44.6 Å². The second-order valence-corrected chi connectivity index (χ2v) is 9.30. The van der Waals surface area contributed by atoms with Crippen LogP contribution in [0.2, 0.25) is 0 Å². The Kier molecular flexibility index (Phi) is 9.79. The average molecular weight is 581 g/mol. The lowest BCUT2D eigenvalue weighted by Gasteiger charge is -2.20. The van der Waals surface area contributed by atoms with Crippen molar-refractivity contribution in [3.05, 3.63) is 95.2 Å². The third kappa shape index (κ3) is 9.09. The van der Waals surface area contributed by atoms with Gasteiger partial charge in [0.05, 0.1) is 23.2 Å². The van der Waals surface area contributed by atoms with E-state index in [1.807, 2.05) is 6.92 Å². The molecule has 1 unspecified atom stereocenters. The van der Waals surface area contributed by atoms with Crippen molar-refractivity contribution < 1.29 is 45.8 Å². The van der Waals surface area contributed by atoms with Crippen molar-refractivity contribution in [3.63, 3.8) is 0 Å². The number of pyridine rings is 1. The van der Waals surface area contributed by atoms with Gasteiger partial charge in [0.25, 0.3) is 5.91 Å². The summed E-state index contributed by atoms with van der Waals surface area (Å²) in [5.41, 5.74) is -1.62. The van der Waals surface area contributed by atoms with Crippen LogP contribution in [0.1, 0.15) is 59.3 Å². The van der Waals surface area contributed by atoms with E-state index in [1.54, 1.807) is 12.1 Å². The Morgan fingerprint density at radius 1 is 0.951 bits per heavy atom. The maximum Gasteiger partial charge on any atom is 0.416 e. The molecule has 0 aliphatic heterocycles. The normalized spacial score (nSPS) is 12.5. The van der Waals surface area contributed by atoms with Gasteiger partial charge in [0, 0.05) is 29.4 Å². The minimum atomic E-state index is -4.98. The molecule has 6 nitrogen and oxygen atoms in total. The average Bonchev–Trinajstić information content (AvgIpc) is 2.90. The summed E-state index contributed by atoms with van der Waals surface area (Å²) >= 11 is 0. The number of carbonyl (C=O) groups is 2. The highest BCUT2D eigenvalue weighted by atomic mass is 19.4. The molecule has 0 saturated carbocycles. The Morgan fingerprint density at radius 3 is 2.05 bits per heavy atom. The van der Waals surface area contributed by atoms with Crippen LogP contribution in [0.5, 0.6) is 5.75 Å². The molecule has 41 heavy (non-hydrogen) atoms. The summed E-state index contributed by atoms with van der Waals surface area (Å²) in [5, 5.41) is 11.2. The number of alkyl halides is 6. The topological polar surface area (TPSA) is 88.5 Å². The zero-order valence-corrected chi connectivity index (χ0v) is 21.8. The van der Waals surface area contributed by atoms with Crippen molar-refractivity contribution in [1.29, 1.82) is 0 Å². The zero-order valence-electron chi connectivity index (χ0n) is 21.8. The molecule has 3 aromatic rings. The van der Waals surface area contributed by atoms with Crippen molar-refractivity contribution in [3.8, 4) is 17.0 Å². The first-order chi connectivity index (χ1) is 19.1. The van der Waals surface area contributed by atoms with Gasteiger partial charge in [0.2, 0.25) is 0 Å². The molecular formula is C29H26F6N2O4. The van der Waals surface area contributed by atoms with E-state index in [2.05, 4.69) is 16.9 Å². The van der Waals surface area contributed by atoms with E-state index in [-0.39, 0.29) is 35.9 Å². The summed E-state index contributed by atoms with van der Waals surface area (Å²) < 4.78 is 85.7. The van der Waals surface area contributed by atoms with Crippen LogP contribution in [-0.2, 0) is 17.1 Å². The number of amides is 1. The number of carboxylic acid groups (broad SMARTS) is 1. The van der Waals surface area contributed by atoms with E-state index >= 15 is 0 Å². The van der Waals surface area contributed by atoms with Crippen molar-refractivity contribution in [1.82, 2.24) is 10.3 Å². The number of ether oxygens (including phenoxy) is 1. The smallest absolute Gasteiger partial charge is 0.416 e. The highest BCUT2D eigenvalue weighted by molar-refractivity contribution is 5.94. The van der Waals surface area contributed by atoms with Gasteiger partial charge in [0.15, 0.2) is 0 Å². The van der Waals surface area contributed by atoms with Crippen LogP contribution in [0, 0.1) is 0 Å². The van der Waals surface area contributed by atoms with Crippen LogP contribution >= 0.6 is 0 Å². The lowest BCUT2D eigenvalue weighted by Crippen LogP contribution is -2.25. The molecule has 0 bridgehead atoms. The van der Waals surface area contributed by atoms with Crippen LogP contribution in [0.3, 0.4) is 0 Å². The molecule has 1 atom stereocenters. The minimum absolute atomic E-state index is 0.0313. The van der Waals surface area contributed by atoms with Crippen LogP contribution in [-0.4, -0.2) is 28.5 Å². The summed E-state index contributed by atoms with van der Waals surface area (Å²) in [4.78, 5) is 26.9. The molecular weight excluding hydrogens is 554 g/mol. The monoisotopic (exact) mass is 580 g/mol. The first-order valence-electron chi connectivity index (χ1n) is 12.3. The molecule has 2 N–H and O–H groups in total. The van der Waals surface area contributed by atoms with Gasteiger partial charge in [-0.05, 0) is 68.3 Å². The number of hydrogen-bond donors (Lipinski definition) is 2. The number of aliphatic carboxylic acids is 1. The molecule has 3 rings (SSSR count). The Bertz CT molecular complexity index is 1350. The summed E-state index contributed by atoms with van der Waals surface area (Å²) in [6.07, 6.45) is -8.46. The van der Waals surface area contributed by atoms with Gasteiger partial charge < -0.3 is 15.2 Å². The van der Waals surface area contributed by atoms with E-state index in [4.69, 9.17) is 9.84 Å². The number of hydrogen-bond acceptors (Lipinski definition) is 4. The Morgan fingerprint density at radius 2 is 1.56 bits per heavy atom. The number of carboxylic acids is 1. The second kappa shape index (κ2) is 12.9. The molecule has 0 saturated heterocycles. The van der Waals surface area contributed by atoms with Crippen molar-refractivity contribution >= 4 is 11.9 Å². The predicted octanol–water partition coefficient (Wildman–Crippen LogP) is 7.47. The quantitative estimate of drug-likeness (QED) is 0.182. The molecule has 0 fully saturated rings. The molecule has 218 valence electrons. The van der Waals surface area contributed by atoms with Gasteiger partial charge in [-0.3, -0.25) is 14.6 Å². The van der Waals surface area contributed by atoms with Gasteiger partial charge in [-0.25, -0.2) is 0 Å². The second-order valence-electron chi connectivity index (χ2n) is 9.30.